The van der Waals surface area contributed by atoms with Crippen molar-refractivity contribution in [3.05, 3.63) is 72.6 Å². The van der Waals surface area contributed by atoms with Crippen LogP contribution in [0.3, 0.4) is 0 Å². The van der Waals surface area contributed by atoms with Crippen LogP contribution in [0, 0.1) is 0 Å². The molecule has 0 saturated carbocycles. The van der Waals surface area contributed by atoms with Gasteiger partial charge in [0.25, 0.3) is 0 Å². The normalized spacial score (nSPS) is 19.0. The number of carbonyl (C=O) groups excluding carboxylic acids is 1. The van der Waals surface area contributed by atoms with Gasteiger partial charge in [-0.05, 0) is 43.6 Å². The summed E-state index contributed by atoms with van der Waals surface area (Å²) in [7, 11) is 3.65. The standard InChI is InChI=1S/C25H35N5O/c1-21(28(4)20-26-3)10-11-22(2)29-16-18-30(19-17-29)24(31)25(12-14-27-15-13-25)23-8-6-5-7-9-23/h5-11,20,27H,1-2,12-19H2,3-4H3/b11-10-,26-20-. The molecule has 6 nitrogen and oxygen atoms in total. The van der Waals surface area contributed by atoms with Crippen molar-refractivity contribution in [1.82, 2.24) is 20.0 Å². The Bertz CT molecular complexity index is 831. The zero-order valence-corrected chi connectivity index (χ0v) is 18.9. The van der Waals surface area contributed by atoms with Crippen LogP contribution in [-0.4, -0.2) is 80.3 Å². The zero-order valence-electron chi connectivity index (χ0n) is 18.9. The number of nitrogens with one attached hydrogen (secondary N) is 1. The Morgan fingerprint density at radius 3 is 2.29 bits per heavy atom. The van der Waals surface area contributed by atoms with Gasteiger partial charge in [0.2, 0.25) is 5.91 Å². The molecule has 0 radical (unpaired) electrons. The van der Waals surface area contributed by atoms with Crippen molar-refractivity contribution >= 4 is 12.2 Å². The third-order valence-corrected chi connectivity index (χ3v) is 6.38. The number of rotatable bonds is 7. The van der Waals surface area contributed by atoms with Gasteiger partial charge in [-0.25, -0.2) is 0 Å². The van der Waals surface area contributed by atoms with E-state index in [1.807, 2.05) is 42.3 Å². The lowest BCUT2D eigenvalue weighted by atomic mass is 9.72. The second kappa shape index (κ2) is 10.4. The smallest absolute Gasteiger partial charge is 0.233 e. The monoisotopic (exact) mass is 421 g/mol. The fourth-order valence-corrected chi connectivity index (χ4v) is 4.40. The Hall–Kier alpha value is -2.86. The SMILES string of the molecule is C=C(/C=C\C(=C)N1CCN(C(=O)C2(c3ccccc3)CCNCC2)CC1)N(C)/C=N\C. The Morgan fingerprint density at radius 1 is 1.06 bits per heavy atom. The highest BCUT2D eigenvalue weighted by Gasteiger charge is 2.44. The Kier molecular flexibility index (Phi) is 7.69. The highest BCUT2D eigenvalue weighted by molar-refractivity contribution is 5.88. The molecule has 0 bridgehead atoms. The van der Waals surface area contributed by atoms with Gasteiger partial charge in [0, 0.05) is 51.7 Å². The number of aliphatic imine (C=N–C) groups is 1. The van der Waals surface area contributed by atoms with E-state index in [1.165, 1.54) is 0 Å². The van der Waals surface area contributed by atoms with Crippen molar-refractivity contribution in [2.45, 2.75) is 18.3 Å². The minimum atomic E-state index is -0.408. The number of piperazine rings is 1. The molecule has 1 aromatic rings. The van der Waals surface area contributed by atoms with E-state index in [-0.39, 0.29) is 5.91 Å². The largest absolute Gasteiger partial charge is 0.368 e. The van der Waals surface area contributed by atoms with Gasteiger partial charge < -0.3 is 20.0 Å². The van der Waals surface area contributed by atoms with Crippen LogP contribution in [-0.2, 0) is 10.2 Å². The first kappa shape index (κ1) is 22.8. The van der Waals surface area contributed by atoms with Gasteiger partial charge in [0.15, 0.2) is 0 Å². The maximum absolute atomic E-state index is 13.7. The van der Waals surface area contributed by atoms with E-state index < -0.39 is 5.41 Å². The molecule has 2 aliphatic heterocycles. The Morgan fingerprint density at radius 2 is 1.68 bits per heavy atom. The second-order valence-electron chi connectivity index (χ2n) is 8.28. The minimum Gasteiger partial charge on any atom is -0.368 e. The van der Waals surface area contributed by atoms with Crippen LogP contribution >= 0.6 is 0 Å². The summed E-state index contributed by atoms with van der Waals surface area (Å²) in [5, 5.41) is 3.41. The number of amides is 1. The summed E-state index contributed by atoms with van der Waals surface area (Å²) in [6.45, 7) is 13.0. The first-order valence-corrected chi connectivity index (χ1v) is 11.0. The minimum absolute atomic E-state index is 0.273. The van der Waals surface area contributed by atoms with Crippen LogP contribution in [0.5, 0.6) is 0 Å². The van der Waals surface area contributed by atoms with Crippen LogP contribution in [0.25, 0.3) is 0 Å². The van der Waals surface area contributed by atoms with Gasteiger partial charge >= 0.3 is 0 Å². The molecule has 2 saturated heterocycles. The number of likely N-dealkylation sites (N-methyl/N-ethyl adjacent to an activating group) is 1. The van der Waals surface area contributed by atoms with Crippen LogP contribution < -0.4 is 5.32 Å². The summed E-state index contributed by atoms with van der Waals surface area (Å²) >= 11 is 0. The van der Waals surface area contributed by atoms with Crippen molar-refractivity contribution in [2.75, 3.05) is 53.4 Å². The number of hydrogen-bond acceptors (Lipinski definition) is 4. The third kappa shape index (κ3) is 5.25. The first-order valence-electron chi connectivity index (χ1n) is 11.0. The van der Waals surface area contributed by atoms with Gasteiger partial charge in [-0.3, -0.25) is 9.79 Å². The fraction of sp³-hybridized carbons (Fsp3) is 0.440. The molecule has 1 N–H and O–H groups in total. The third-order valence-electron chi connectivity index (χ3n) is 6.38. The van der Waals surface area contributed by atoms with Crippen molar-refractivity contribution in [1.29, 1.82) is 0 Å². The molecule has 1 amide bonds. The van der Waals surface area contributed by atoms with E-state index >= 15 is 0 Å². The van der Waals surface area contributed by atoms with E-state index in [4.69, 9.17) is 0 Å². The van der Waals surface area contributed by atoms with Crippen molar-refractivity contribution < 1.29 is 4.79 Å². The lowest BCUT2D eigenvalue weighted by Gasteiger charge is -2.44. The summed E-state index contributed by atoms with van der Waals surface area (Å²) in [5.41, 5.74) is 2.52. The van der Waals surface area contributed by atoms with Crippen molar-refractivity contribution in [2.24, 2.45) is 4.99 Å². The van der Waals surface area contributed by atoms with Crippen molar-refractivity contribution in [3.8, 4) is 0 Å². The number of piperidine rings is 1. The average molecular weight is 422 g/mol. The molecule has 0 spiro atoms. The first-order chi connectivity index (χ1) is 15.0. The molecular weight excluding hydrogens is 386 g/mol. The number of hydrogen-bond donors (Lipinski definition) is 1. The number of carbonyl (C=O) groups is 1. The van der Waals surface area contributed by atoms with E-state index in [0.717, 1.165) is 69.1 Å². The summed E-state index contributed by atoms with van der Waals surface area (Å²) in [4.78, 5) is 23.9. The van der Waals surface area contributed by atoms with Crippen LogP contribution in [0.4, 0.5) is 0 Å². The summed E-state index contributed by atoms with van der Waals surface area (Å²) in [5.74, 6) is 0.273. The Labute approximate surface area is 186 Å². The average Bonchev–Trinajstić information content (AvgIpc) is 2.83. The molecule has 166 valence electrons. The van der Waals surface area contributed by atoms with Crippen LogP contribution in [0.2, 0.25) is 0 Å². The highest BCUT2D eigenvalue weighted by atomic mass is 16.2. The second-order valence-corrected chi connectivity index (χ2v) is 8.28. The van der Waals surface area contributed by atoms with Crippen LogP contribution in [0.15, 0.2) is 72.0 Å². The molecule has 0 aromatic heterocycles. The quantitative estimate of drug-likeness (QED) is 0.418. The molecule has 3 rings (SSSR count). The molecule has 0 aliphatic carbocycles. The maximum Gasteiger partial charge on any atom is 0.233 e. The Balaban J connectivity index is 1.62. The summed E-state index contributed by atoms with van der Waals surface area (Å²) < 4.78 is 0. The van der Waals surface area contributed by atoms with Gasteiger partial charge in [-0.15, -0.1) is 0 Å². The van der Waals surface area contributed by atoms with E-state index in [2.05, 4.69) is 45.4 Å². The van der Waals surface area contributed by atoms with E-state index in [1.54, 1.807) is 13.4 Å². The summed E-state index contributed by atoms with van der Waals surface area (Å²) in [6.07, 6.45) is 7.35. The van der Waals surface area contributed by atoms with Gasteiger partial charge in [0.1, 0.15) is 0 Å². The van der Waals surface area contributed by atoms with E-state index in [0.29, 0.717) is 0 Å². The van der Waals surface area contributed by atoms with Gasteiger partial charge in [0.05, 0.1) is 11.8 Å². The van der Waals surface area contributed by atoms with Crippen molar-refractivity contribution in [3.63, 3.8) is 0 Å². The highest BCUT2D eigenvalue weighted by Crippen LogP contribution is 2.36. The molecule has 2 aliphatic rings. The van der Waals surface area contributed by atoms with E-state index in [9.17, 15) is 4.79 Å². The lowest BCUT2D eigenvalue weighted by Crippen LogP contribution is -2.56. The fourth-order valence-electron chi connectivity index (χ4n) is 4.40. The zero-order chi connectivity index (χ0) is 22.3. The molecule has 1 aromatic carbocycles. The predicted octanol–water partition coefficient (Wildman–Crippen LogP) is 2.63. The van der Waals surface area contributed by atoms with Crippen LogP contribution in [0.1, 0.15) is 18.4 Å². The number of nitrogens with zero attached hydrogens (tertiary/aromatic N) is 4. The topological polar surface area (TPSA) is 51.2 Å². The molecular formula is C25H35N5O. The molecule has 0 unspecified atom stereocenters. The molecule has 2 fully saturated rings. The molecule has 31 heavy (non-hydrogen) atoms. The predicted molar refractivity (Wildman–Crippen MR) is 128 cm³/mol. The van der Waals surface area contributed by atoms with Gasteiger partial charge in [-0.1, -0.05) is 43.5 Å². The summed E-state index contributed by atoms with van der Waals surface area (Å²) in [6, 6.07) is 10.3. The number of benzene rings is 1. The molecule has 2 heterocycles. The lowest BCUT2D eigenvalue weighted by molar-refractivity contribution is -0.140. The van der Waals surface area contributed by atoms with Gasteiger partial charge in [-0.2, -0.15) is 0 Å². The molecule has 0 atom stereocenters. The molecule has 6 heteroatoms. The maximum atomic E-state index is 13.7. The number of allylic oxidation sites excluding steroid dienone is 2.